The van der Waals surface area contributed by atoms with Gasteiger partial charge >= 0.3 is 6.18 Å². The number of pyridine rings is 1. The van der Waals surface area contributed by atoms with Gasteiger partial charge in [-0.25, -0.2) is 9.97 Å². The van der Waals surface area contributed by atoms with Gasteiger partial charge in [-0.3, -0.25) is 9.36 Å². The maximum absolute atomic E-state index is 13.4. The molecular formula is C24H25ClF3N5O2. The normalized spacial score (nSPS) is 19.5. The number of carbonyl (C=O) groups excluding carboxylic acids is 1. The van der Waals surface area contributed by atoms with Crippen LogP contribution < -0.4 is 10.2 Å². The van der Waals surface area contributed by atoms with Crippen molar-refractivity contribution in [1.29, 1.82) is 0 Å². The first-order valence-corrected chi connectivity index (χ1v) is 11.9. The van der Waals surface area contributed by atoms with E-state index in [0.29, 0.717) is 61.1 Å². The largest absolute Gasteiger partial charge is 0.433 e. The Morgan fingerprint density at radius 3 is 2.63 bits per heavy atom. The number of hydrogen-bond donors (Lipinski definition) is 1. The molecule has 2 fully saturated rings. The molecule has 0 aliphatic carbocycles. The molecule has 1 atom stereocenters. The van der Waals surface area contributed by atoms with Crippen LogP contribution in [0.25, 0.3) is 16.9 Å². The second-order valence-corrected chi connectivity index (χ2v) is 9.48. The van der Waals surface area contributed by atoms with Crippen molar-refractivity contribution in [3.8, 4) is 5.82 Å². The third-order valence-corrected chi connectivity index (χ3v) is 6.79. The highest BCUT2D eigenvalue weighted by atomic mass is 35.5. The highest BCUT2D eigenvalue weighted by molar-refractivity contribution is 6.31. The molecule has 0 saturated carbocycles. The van der Waals surface area contributed by atoms with E-state index in [1.54, 1.807) is 16.7 Å². The summed E-state index contributed by atoms with van der Waals surface area (Å²) in [5.41, 5.74) is 1.06. The van der Waals surface area contributed by atoms with Gasteiger partial charge in [-0.05, 0) is 56.0 Å². The van der Waals surface area contributed by atoms with E-state index in [1.165, 1.54) is 12.1 Å². The smallest absolute Gasteiger partial charge is 0.379 e. The van der Waals surface area contributed by atoms with Gasteiger partial charge in [0, 0.05) is 30.6 Å². The second kappa shape index (κ2) is 9.31. The quantitative estimate of drug-likeness (QED) is 0.562. The fourth-order valence-electron chi connectivity index (χ4n) is 4.74. The summed E-state index contributed by atoms with van der Waals surface area (Å²) in [5, 5.41) is 3.52. The lowest BCUT2D eigenvalue weighted by Crippen LogP contribution is -2.44. The van der Waals surface area contributed by atoms with Gasteiger partial charge in [0.25, 0.3) is 0 Å². The molecule has 2 aliphatic heterocycles. The lowest BCUT2D eigenvalue weighted by molar-refractivity contribution is -0.141. The molecule has 0 spiro atoms. The third kappa shape index (κ3) is 4.81. The van der Waals surface area contributed by atoms with E-state index in [4.69, 9.17) is 21.3 Å². The molecule has 3 aromatic rings. The monoisotopic (exact) mass is 507 g/mol. The molecule has 1 aromatic carbocycles. The van der Waals surface area contributed by atoms with Crippen LogP contribution in [0.15, 0.2) is 30.3 Å². The number of rotatable bonds is 4. The zero-order chi connectivity index (χ0) is 24.7. The van der Waals surface area contributed by atoms with Crippen molar-refractivity contribution in [2.24, 2.45) is 5.92 Å². The van der Waals surface area contributed by atoms with Crippen LogP contribution in [0.1, 0.15) is 30.5 Å². The number of piperidine rings is 1. The highest BCUT2D eigenvalue weighted by Gasteiger charge is 2.34. The summed E-state index contributed by atoms with van der Waals surface area (Å²) < 4.78 is 47.2. The number of nitrogens with one attached hydrogen (secondary N) is 1. The van der Waals surface area contributed by atoms with Crippen LogP contribution in [0, 0.1) is 12.8 Å². The Balaban J connectivity index is 1.47. The number of halogens is 4. The molecule has 0 radical (unpaired) electrons. The summed E-state index contributed by atoms with van der Waals surface area (Å²) in [6, 6.07) is 7.33. The Hall–Kier alpha value is -2.85. The van der Waals surface area contributed by atoms with E-state index in [-0.39, 0.29) is 23.7 Å². The zero-order valence-electron chi connectivity index (χ0n) is 19.1. The number of aromatic nitrogens is 3. The molecule has 4 heterocycles. The summed E-state index contributed by atoms with van der Waals surface area (Å²) in [7, 11) is 0. The lowest BCUT2D eigenvalue weighted by atomic mass is 9.95. The predicted molar refractivity (Wildman–Crippen MR) is 126 cm³/mol. The van der Waals surface area contributed by atoms with Gasteiger partial charge < -0.3 is 15.0 Å². The van der Waals surface area contributed by atoms with Crippen LogP contribution in [-0.4, -0.2) is 52.8 Å². The summed E-state index contributed by atoms with van der Waals surface area (Å²) >= 11 is 6.30. The average molecular weight is 508 g/mol. The topological polar surface area (TPSA) is 72.3 Å². The Kier molecular flexibility index (Phi) is 6.35. The van der Waals surface area contributed by atoms with E-state index in [0.717, 1.165) is 18.1 Å². The van der Waals surface area contributed by atoms with Crippen molar-refractivity contribution >= 4 is 34.5 Å². The number of carbonyl (C=O) groups is 1. The molecule has 2 aliphatic rings. The number of hydrogen-bond acceptors (Lipinski definition) is 5. The molecule has 35 heavy (non-hydrogen) atoms. The van der Waals surface area contributed by atoms with Crippen molar-refractivity contribution in [3.63, 3.8) is 0 Å². The number of aryl methyl sites for hydroxylation is 1. The molecule has 11 heteroatoms. The van der Waals surface area contributed by atoms with Gasteiger partial charge in [0.15, 0.2) is 0 Å². The van der Waals surface area contributed by atoms with Crippen molar-refractivity contribution < 1.29 is 22.7 Å². The SMILES string of the molecule is Cc1cc(Cl)cc2c1nc(N1CCC(C(=O)N[C@@H]3CCOC3)CC1)n2-c1cccc(C(F)(F)F)n1. The number of anilines is 1. The fraction of sp³-hybridized carbons (Fsp3) is 0.458. The van der Waals surface area contributed by atoms with Crippen LogP contribution in [-0.2, 0) is 15.7 Å². The molecule has 1 N–H and O–H groups in total. The van der Waals surface area contributed by atoms with Crippen LogP contribution in [0.4, 0.5) is 19.1 Å². The minimum atomic E-state index is -4.57. The molecule has 2 saturated heterocycles. The fourth-order valence-corrected chi connectivity index (χ4v) is 5.01. The Morgan fingerprint density at radius 1 is 1.17 bits per heavy atom. The highest BCUT2D eigenvalue weighted by Crippen LogP contribution is 2.34. The average Bonchev–Trinajstić information content (AvgIpc) is 3.46. The number of fused-ring (bicyclic) bond motifs is 1. The number of ether oxygens (including phenoxy) is 1. The molecule has 0 unspecified atom stereocenters. The van der Waals surface area contributed by atoms with E-state index >= 15 is 0 Å². The van der Waals surface area contributed by atoms with E-state index in [2.05, 4.69) is 10.3 Å². The second-order valence-electron chi connectivity index (χ2n) is 9.05. The Morgan fingerprint density at radius 2 is 1.94 bits per heavy atom. The summed E-state index contributed by atoms with van der Waals surface area (Å²) in [4.78, 5) is 23.4. The minimum absolute atomic E-state index is 0.0239. The van der Waals surface area contributed by atoms with Crippen LogP contribution in [0.3, 0.4) is 0 Å². The molecule has 1 amide bonds. The van der Waals surface area contributed by atoms with Crippen LogP contribution in [0.5, 0.6) is 0 Å². The molecule has 7 nitrogen and oxygen atoms in total. The van der Waals surface area contributed by atoms with Crippen molar-refractivity contribution in [2.75, 3.05) is 31.2 Å². The third-order valence-electron chi connectivity index (χ3n) is 6.58. The standard InChI is InChI=1S/C24H25ClF3N5O2/c1-14-11-16(25)12-18-21(14)31-23(33(18)20-4-2-3-19(30-20)24(26,27)28)32-8-5-15(6-9-32)22(34)29-17-7-10-35-13-17/h2-4,11-12,15,17H,5-10,13H2,1H3,(H,29,34)/t17-/m1/s1. The number of benzene rings is 1. The number of imidazole rings is 1. The van der Waals surface area contributed by atoms with Gasteiger partial charge in [0.05, 0.1) is 23.7 Å². The Bertz CT molecular complexity index is 1250. The molecule has 2 aromatic heterocycles. The van der Waals surface area contributed by atoms with Crippen molar-refractivity contribution in [3.05, 3.63) is 46.6 Å². The van der Waals surface area contributed by atoms with Crippen LogP contribution >= 0.6 is 11.6 Å². The Labute approximate surface area is 205 Å². The first-order valence-electron chi connectivity index (χ1n) is 11.6. The van der Waals surface area contributed by atoms with Crippen molar-refractivity contribution in [1.82, 2.24) is 19.9 Å². The van der Waals surface area contributed by atoms with E-state index < -0.39 is 11.9 Å². The number of nitrogens with zero attached hydrogens (tertiary/aromatic N) is 4. The van der Waals surface area contributed by atoms with Crippen molar-refractivity contribution in [2.45, 2.75) is 38.4 Å². The van der Waals surface area contributed by atoms with Gasteiger partial charge in [0.1, 0.15) is 11.5 Å². The van der Waals surface area contributed by atoms with Gasteiger partial charge in [-0.15, -0.1) is 0 Å². The number of amides is 1. The molecule has 186 valence electrons. The summed E-state index contributed by atoms with van der Waals surface area (Å²) in [5.74, 6) is 0.490. The minimum Gasteiger partial charge on any atom is -0.379 e. The molecular weight excluding hydrogens is 483 g/mol. The lowest BCUT2D eigenvalue weighted by Gasteiger charge is -2.32. The summed E-state index contributed by atoms with van der Waals surface area (Å²) in [6.45, 7) is 4.13. The maximum atomic E-state index is 13.4. The molecule has 0 bridgehead atoms. The van der Waals surface area contributed by atoms with E-state index in [1.807, 2.05) is 11.8 Å². The summed E-state index contributed by atoms with van der Waals surface area (Å²) in [6.07, 6.45) is -2.53. The molecule has 5 rings (SSSR count). The first kappa shape index (κ1) is 23.9. The maximum Gasteiger partial charge on any atom is 0.433 e. The van der Waals surface area contributed by atoms with Gasteiger partial charge in [0.2, 0.25) is 11.9 Å². The van der Waals surface area contributed by atoms with Gasteiger partial charge in [-0.1, -0.05) is 17.7 Å². The van der Waals surface area contributed by atoms with Gasteiger partial charge in [-0.2, -0.15) is 13.2 Å². The number of alkyl halides is 3. The first-order chi connectivity index (χ1) is 16.7. The van der Waals surface area contributed by atoms with E-state index in [9.17, 15) is 18.0 Å². The zero-order valence-corrected chi connectivity index (χ0v) is 19.9. The predicted octanol–water partition coefficient (Wildman–Crippen LogP) is 4.52. The van der Waals surface area contributed by atoms with Crippen LogP contribution in [0.2, 0.25) is 5.02 Å².